The summed E-state index contributed by atoms with van der Waals surface area (Å²) in [5.74, 6) is 0.337. The second-order valence-electron chi connectivity index (χ2n) is 6.02. The standard InChI is InChI=1S/C15H23NOS/c1-9(2)18-13-7-10-5-6-11(17)8-12(10)15(3,4)14(13)16/h5-6,8-9,13-14,17H,7,16H2,1-4H3. The first-order valence-electron chi connectivity index (χ1n) is 6.55. The topological polar surface area (TPSA) is 46.2 Å². The lowest BCUT2D eigenvalue weighted by Crippen LogP contribution is -2.52. The van der Waals surface area contributed by atoms with E-state index in [4.69, 9.17) is 5.73 Å². The Balaban J connectivity index is 2.40. The molecule has 0 bridgehead atoms. The van der Waals surface area contributed by atoms with E-state index in [1.54, 1.807) is 6.07 Å². The van der Waals surface area contributed by atoms with Gasteiger partial charge < -0.3 is 10.8 Å². The van der Waals surface area contributed by atoms with Crippen LogP contribution in [-0.2, 0) is 11.8 Å². The van der Waals surface area contributed by atoms with Gasteiger partial charge in [0.15, 0.2) is 0 Å². The molecule has 18 heavy (non-hydrogen) atoms. The van der Waals surface area contributed by atoms with Gasteiger partial charge in [0.1, 0.15) is 5.75 Å². The predicted octanol–water partition coefficient (Wildman–Crippen LogP) is 3.06. The minimum atomic E-state index is -0.0844. The molecule has 0 saturated carbocycles. The number of benzene rings is 1. The first-order chi connectivity index (χ1) is 8.32. The van der Waals surface area contributed by atoms with E-state index < -0.39 is 0 Å². The number of phenols is 1. The molecular weight excluding hydrogens is 242 g/mol. The minimum Gasteiger partial charge on any atom is -0.508 e. The number of hydrogen-bond donors (Lipinski definition) is 2. The van der Waals surface area contributed by atoms with E-state index in [9.17, 15) is 5.11 Å². The van der Waals surface area contributed by atoms with Crippen molar-refractivity contribution in [3.8, 4) is 5.75 Å². The molecule has 3 N–H and O–H groups in total. The molecule has 0 aromatic heterocycles. The summed E-state index contributed by atoms with van der Waals surface area (Å²) in [5, 5.41) is 10.7. The Hall–Kier alpha value is -0.670. The van der Waals surface area contributed by atoms with E-state index in [1.165, 1.54) is 11.1 Å². The fraction of sp³-hybridized carbons (Fsp3) is 0.600. The molecule has 1 aliphatic rings. The quantitative estimate of drug-likeness (QED) is 0.864. The molecule has 0 spiro atoms. The van der Waals surface area contributed by atoms with Crippen LogP contribution in [0.15, 0.2) is 18.2 Å². The van der Waals surface area contributed by atoms with Crippen LogP contribution in [0.25, 0.3) is 0 Å². The van der Waals surface area contributed by atoms with Gasteiger partial charge in [-0.15, -0.1) is 0 Å². The van der Waals surface area contributed by atoms with Crippen LogP contribution >= 0.6 is 11.8 Å². The van der Waals surface area contributed by atoms with Crippen molar-refractivity contribution in [2.24, 2.45) is 5.73 Å². The van der Waals surface area contributed by atoms with Gasteiger partial charge in [0.2, 0.25) is 0 Å². The molecule has 0 aliphatic heterocycles. The summed E-state index contributed by atoms with van der Waals surface area (Å²) in [6.07, 6.45) is 1.00. The first kappa shape index (κ1) is 13.8. The zero-order valence-corrected chi connectivity index (χ0v) is 12.4. The summed E-state index contributed by atoms with van der Waals surface area (Å²) in [7, 11) is 0. The van der Waals surface area contributed by atoms with Crippen molar-refractivity contribution in [1.82, 2.24) is 0 Å². The molecule has 0 heterocycles. The Kier molecular flexibility index (Phi) is 3.65. The maximum atomic E-state index is 9.67. The molecule has 2 unspecified atom stereocenters. The summed E-state index contributed by atoms with van der Waals surface area (Å²) in [5.41, 5.74) is 8.92. The number of fused-ring (bicyclic) bond motifs is 1. The van der Waals surface area contributed by atoms with Crippen LogP contribution in [0.4, 0.5) is 0 Å². The van der Waals surface area contributed by atoms with E-state index in [2.05, 4.69) is 27.7 Å². The van der Waals surface area contributed by atoms with E-state index in [-0.39, 0.29) is 11.5 Å². The molecule has 0 amide bonds. The van der Waals surface area contributed by atoms with Crippen molar-refractivity contribution in [3.05, 3.63) is 29.3 Å². The lowest BCUT2D eigenvalue weighted by molar-refractivity contribution is 0.369. The number of phenolic OH excluding ortho intramolecular Hbond substituents is 1. The van der Waals surface area contributed by atoms with Gasteiger partial charge in [-0.1, -0.05) is 33.8 Å². The number of rotatable bonds is 2. The van der Waals surface area contributed by atoms with Gasteiger partial charge in [-0.3, -0.25) is 0 Å². The summed E-state index contributed by atoms with van der Waals surface area (Å²) >= 11 is 1.97. The summed E-state index contributed by atoms with van der Waals surface area (Å²) in [6.45, 7) is 8.80. The normalized spacial score (nSPS) is 26.1. The largest absolute Gasteiger partial charge is 0.508 e. The maximum absolute atomic E-state index is 9.67. The molecule has 1 aromatic rings. The highest BCUT2D eigenvalue weighted by Crippen LogP contribution is 2.42. The number of aromatic hydroxyl groups is 1. The number of thioether (sulfide) groups is 1. The molecular formula is C15H23NOS. The Bertz CT molecular complexity index is 442. The van der Waals surface area contributed by atoms with Gasteiger partial charge >= 0.3 is 0 Å². The zero-order valence-electron chi connectivity index (χ0n) is 11.6. The minimum absolute atomic E-state index is 0.0844. The van der Waals surface area contributed by atoms with Crippen molar-refractivity contribution in [2.75, 3.05) is 0 Å². The molecule has 0 radical (unpaired) electrons. The Labute approximate surface area is 114 Å². The van der Waals surface area contributed by atoms with Crippen molar-refractivity contribution in [1.29, 1.82) is 0 Å². The van der Waals surface area contributed by atoms with Crippen LogP contribution in [0.5, 0.6) is 5.75 Å². The fourth-order valence-corrected chi connectivity index (χ4v) is 4.30. The molecule has 2 rings (SSSR count). The summed E-state index contributed by atoms with van der Waals surface area (Å²) < 4.78 is 0. The van der Waals surface area contributed by atoms with Gasteiger partial charge in [-0.2, -0.15) is 11.8 Å². The lowest BCUT2D eigenvalue weighted by atomic mass is 9.69. The molecule has 1 aliphatic carbocycles. The van der Waals surface area contributed by atoms with E-state index in [1.807, 2.05) is 23.9 Å². The van der Waals surface area contributed by atoms with Crippen molar-refractivity contribution >= 4 is 11.8 Å². The highest BCUT2D eigenvalue weighted by atomic mass is 32.2. The van der Waals surface area contributed by atoms with Crippen LogP contribution in [0.1, 0.15) is 38.8 Å². The predicted molar refractivity (Wildman–Crippen MR) is 79.3 cm³/mol. The van der Waals surface area contributed by atoms with Gasteiger partial charge in [0, 0.05) is 16.7 Å². The number of nitrogens with two attached hydrogens (primary N) is 1. The Morgan fingerprint density at radius 1 is 1.39 bits per heavy atom. The summed E-state index contributed by atoms with van der Waals surface area (Å²) in [4.78, 5) is 0. The Morgan fingerprint density at radius 2 is 2.06 bits per heavy atom. The third-order valence-electron chi connectivity index (χ3n) is 3.89. The van der Waals surface area contributed by atoms with Crippen molar-refractivity contribution in [3.63, 3.8) is 0 Å². The highest BCUT2D eigenvalue weighted by molar-refractivity contribution is 8.00. The molecule has 0 fully saturated rings. The monoisotopic (exact) mass is 265 g/mol. The van der Waals surface area contributed by atoms with Crippen LogP contribution in [0, 0.1) is 0 Å². The molecule has 100 valence electrons. The molecule has 1 aromatic carbocycles. The highest BCUT2D eigenvalue weighted by Gasteiger charge is 2.40. The summed E-state index contributed by atoms with van der Waals surface area (Å²) in [6, 6.07) is 5.83. The zero-order chi connectivity index (χ0) is 13.5. The number of hydrogen-bond acceptors (Lipinski definition) is 3. The van der Waals surface area contributed by atoms with Crippen LogP contribution in [0.2, 0.25) is 0 Å². The molecule has 3 heteroatoms. The SMILES string of the molecule is CC(C)SC1Cc2ccc(O)cc2C(C)(C)C1N. The molecule has 0 saturated heterocycles. The molecule has 2 nitrogen and oxygen atoms in total. The average molecular weight is 265 g/mol. The van der Waals surface area contributed by atoms with Crippen LogP contribution in [0.3, 0.4) is 0 Å². The third kappa shape index (κ3) is 2.39. The van der Waals surface area contributed by atoms with Gasteiger partial charge in [0.05, 0.1) is 0 Å². The smallest absolute Gasteiger partial charge is 0.115 e. The second kappa shape index (κ2) is 4.78. The second-order valence-corrected chi connectivity index (χ2v) is 7.84. The van der Waals surface area contributed by atoms with Gasteiger partial charge in [-0.05, 0) is 34.9 Å². The van der Waals surface area contributed by atoms with Crippen molar-refractivity contribution < 1.29 is 5.11 Å². The van der Waals surface area contributed by atoms with Gasteiger partial charge in [-0.25, -0.2) is 0 Å². The maximum Gasteiger partial charge on any atom is 0.115 e. The first-order valence-corrected chi connectivity index (χ1v) is 7.50. The van der Waals surface area contributed by atoms with Gasteiger partial charge in [0.25, 0.3) is 0 Å². The van der Waals surface area contributed by atoms with Crippen LogP contribution < -0.4 is 5.73 Å². The van der Waals surface area contributed by atoms with Crippen molar-refractivity contribution in [2.45, 2.75) is 56.1 Å². The fourth-order valence-electron chi connectivity index (χ4n) is 2.81. The van der Waals surface area contributed by atoms with E-state index in [0.29, 0.717) is 16.2 Å². The lowest BCUT2D eigenvalue weighted by Gasteiger charge is -2.43. The third-order valence-corrected chi connectivity index (χ3v) is 5.24. The van der Waals surface area contributed by atoms with E-state index >= 15 is 0 Å². The van der Waals surface area contributed by atoms with E-state index in [0.717, 1.165) is 6.42 Å². The average Bonchev–Trinajstić information content (AvgIpc) is 2.27. The van der Waals surface area contributed by atoms with Crippen LogP contribution in [-0.4, -0.2) is 21.6 Å². The molecule has 2 atom stereocenters. The Morgan fingerprint density at radius 3 is 2.67 bits per heavy atom.